The van der Waals surface area contributed by atoms with Crippen molar-refractivity contribution < 1.29 is 15.0 Å². The van der Waals surface area contributed by atoms with E-state index in [4.69, 9.17) is 10.2 Å². The molecule has 1 rings (SSSR count). The maximum Gasteiger partial charge on any atom is 0.332 e. The van der Waals surface area contributed by atoms with Gasteiger partial charge in [-0.2, -0.15) is 0 Å². The summed E-state index contributed by atoms with van der Waals surface area (Å²) >= 11 is 0. The van der Waals surface area contributed by atoms with Gasteiger partial charge >= 0.3 is 5.97 Å². The maximum absolute atomic E-state index is 10.4. The Labute approximate surface area is 76.6 Å². The molecule has 70 valence electrons. The number of aliphatic carboxylic acids is 1. The second-order valence-electron chi connectivity index (χ2n) is 2.98. The summed E-state index contributed by atoms with van der Waals surface area (Å²) in [7, 11) is 0. The van der Waals surface area contributed by atoms with Crippen molar-refractivity contribution in [3.8, 4) is 0 Å². The molecular formula is C10H12O3. The summed E-state index contributed by atoms with van der Waals surface area (Å²) in [4.78, 5) is 10.4. The zero-order valence-corrected chi connectivity index (χ0v) is 7.40. The molecule has 0 amide bonds. The fourth-order valence-electron chi connectivity index (χ4n) is 1.13. The molecule has 0 radical (unpaired) electrons. The van der Waals surface area contributed by atoms with Crippen LogP contribution in [0, 0.1) is 6.92 Å². The first-order chi connectivity index (χ1) is 6.11. The fraction of sp³-hybridized carbons (Fsp3) is 0.300. The summed E-state index contributed by atoms with van der Waals surface area (Å²) < 4.78 is 0. The second kappa shape index (κ2) is 4.05. The third-order valence-electron chi connectivity index (χ3n) is 1.96. The topological polar surface area (TPSA) is 57.5 Å². The van der Waals surface area contributed by atoms with Crippen LogP contribution < -0.4 is 0 Å². The first kappa shape index (κ1) is 9.74. The van der Waals surface area contributed by atoms with E-state index in [0.717, 1.165) is 11.1 Å². The Morgan fingerprint density at radius 2 is 2.08 bits per heavy atom. The zero-order chi connectivity index (χ0) is 9.84. The Balaban J connectivity index is 2.74. The van der Waals surface area contributed by atoms with Gasteiger partial charge in [0.25, 0.3) is 0 Å². The lowest BCUT2D eigenvalue weighted by atomic mass is 10.0. The Morgan fingerprint density at radius 3 is 2.62 bits per heavy atom. The second-order valence-corrected chi connectivity index (χ2v) is 2.98. The highest BCUT2D eigenvalue weighted by Gasteiger charge is 2.14. The summed E-state index contributed by atoms with van der Waals surface area (Å²) in [5.41, 5.74) is 1.88. The molecule has 0 heterocycles. The molecule has 0 bridgehead atoms. The van der Waals surface area contributed by atoms with Crippen molar-refractivity contribution in [1.29, 1.82) is 0 Å². The van der Waals surface area contributed by atoms with Crippen LogP contribution in [0.2, 0.25) is 0 Å². The van der Waals surface area contributed by atoms with Crippen LogP contribution in [-0.2, 0) is 11.2 Å². The minimum Gasteiger partial charge on any atom is -0.479 e. The van der Waals surface area contributed by atoms with Crippen molar-refractivity contribution in [2.45, 2.75) is 19.4 Å². The molecule has 1 aromatic carbocycles. The third-order valence-corrected chi connectivity index (χ3v) is 1.96. The van der Waals surface area contributed by atoms with E-state index in [1.54, 1.807) is 0 Å². The van der Waals surface area contributed by atoms with E-state index in [1.807, 2.05) is 31.2 Å². The number of carboxylic acid groups (broad SMARTS) is 1. The Bertz CT molecular complexity index is 307. The normalized spacial score (nSPS) is 12.5. The van der Waals surface area contributed by atoms with Crippen LogP contribution >= 0.6 is 0 Å². The molecule has 0 fully saturated rings. The molecule has 0 saturated heterocycles. The van der Waals surface area contributed by atoms with Crippen LogP contribution in [0.4, 0.5) is 0 Å². The number of benzene rings is 1. The van der Waals surface area contributed by atoms with Gasteiger partial charge in [-0.25, -0.2) is 4.79 Å². The molecule has 0 aliphatic rings. The van der Waals surface area contributed by atoms with E-state index in [2.05, 4.69) is 0 Å². The van der Waals surface area contributed by atoms with Gasteiger partial charge in [0.15, 0.2) is 6.10 Å². The molecular weight excluding hydrogens is 168 g/mol. The number of aliphatic hydroxyl groups excluding tert-OH is 1. The van der Waals surface area contributed by atoms with E-state index < -0.39 is 12.1 Å². The summed E-state index contributed by atoms with van der Waals surface area (Å²) in [6.07, 6.45) is -1.14. The van der Waals surface area contributed by atoms with E-state index >= 15 is 0 Å². The minimum atomic E-state index is -1.30. The summed E-state index contributed by atoms with van der Waals surface area (Å²) in [5, 5.41) is 17.6. The minimum absolute atomic E-state index is 0.169. The average Bonchev–Trinajstić information content (AvgIpc) is 2.08. The summed E-state index contributed by atoms with van der Waals surface area (Å²) in [6.45, 7) is 1.89. The number of carbonyl (C=O) groups is 1. The molecule has 1 atom stereocenters. The number of hydrogen-bond acceptors (Lipinski definition) is 2. The summed E-state index contributed by atoms with van der Waals surface area (Å²) in [5.74, 6) is -1.18. The first-order valence-corrected chi connectivity index (χ1v) is 4.06. The van der Waals surface area contributed by atoms with Crippen LogP contribution in [0.25, 0.3) is 0 Å². The largest absolute Gasteiger partial charge is 0.479 e. The average molecular weight is 180 g/mol. The molecule has 2 N–H and O–H groups in total. The molecule has 13 heavy (non-hydrogen) atoms. The molecule has 3 nitrogen and oxygen atoms in total. The molecule has 0 saturated carbocycles. The third kappa shape index (κ3) is 2.56. The molecule has 1 aromatic rings. The van der Waals surface area contributed by atoms with Crippen LogP contribution in [-0.4, -0.2) is 22.3 Å². The quantitative estimate of drug-likeness (QED) is 0.729. The van der Waals surface area contributed by atoms with Crippen LogP contribution in [0.15, 0.2) is 24.3 Å². The van der Waals surface area contributed by atoms with Gasteiger partial charge in [-0.05, 0) is 18.1 Å². The Hall–Kier alpha value is -1.35. The van der Waals surface area contributed by atoms with Crippen molar-refractivity contribution in [2.24, 2.45) is 0 Å². The van der Waals surface area contributed by atoms with Gasteiger partial charge in [-0.15, -0.1) is 0 Å². The highest BCUT2D eigenvalue weighted by molar-refractivity contribution is 5.72. The van der Waals surface area contributed by atoms with Crippen molar-refractivity contribution in [2.75, 3.05) is 0 Å². The van der Waals surface area contributed by atoms with Gasteiger partial charge in [-0.3, -0.25) is 0 Å². The lowest BCUT2D eigenvalue weighted by molar-refractivity contribution is -0.146. The van der Waals surface area contributed by atoms with Gasteiger partial charge in [0.05, 0.1) is 0 Å². The van der Waals surface area contributed by atoms with Gasteiger partial charge in [0, 0.05) is 6.42 Å². The number of hydrogen-bond donors (Lipinski definition) is 2. The number of rotatable bonds is 3. The van der Waals surface area contributed by atoms with Gasteiger partial charge in [0.1, 0.15) is 0 Å². The van der Waals surface area contributed by atoms with E-state index in [0.29, 0.717) is 0 Å². The molecule has 0 aromatic heterocycles. The predicted molar refractivity (Wildman–Crippen MR) is 48.5 cm³/mol. The van der Waals surface area contributed by atoms with E-state index in [1.165, 1.54) is 0 Å². The van der Waals surface area contributed by atoms with Gasteiger partial charge in [-0.1, -0.05) is 24.3 Å². The molecule has 0 spiro atoms. The molecule has 0 aliphatic heterocycles. The van der Waals surface area contributed by atoms with E-state index in [-0.39, 0.29) is 6.42 Å². The molecule has 3 heteroatoms. The van der Waals surface area contributed by atoms with Crippen LogP contribution in [0.5, 0.6) is 0 Å². The first-order valence-electron chi connectivity index (χ1n) is 4.06. The highest BCUT2D eigenvalue weighted by Crippen LogP contribution is 2.09. The lowest BCUT2D eigenvalue weighted by Gasteiger charge is -2.07. The highest BCUT2D eigenvalue weighted by atomic mass is 16.4. The van der Waals surface area contributed by atoms with Crippen LogP contribution in [0.1, 0.15) is 11.1 Å². The molecule has 0 aliphatic carbocycles. The SMILES string of the molecule is Cc1ccccc1C[C@@H](O)C(=O)O. The van der Waals surface area contributed by atoms with Crippen molar-refractivity contribution >= 4 is 5.97 Å². The number of aliphatic hydroxyl groups is 1. The molecule has 0 unspecified atom stereocenters. The Morgan fingerprint density at radius 1 is 1.46 bits per heavy atom. The zero-order valence-electron chi connectivity index (χ0n) is 7.40. The summed E-state index contributed by atoms with van der Waals surface area (Å²) in [6, 6.07) is 7.42. The monoisotopic (exact) mass is 180 g/mol. The lowest BCUT2D eigenvalue weighted by Crippen LogP contribution is -2.22. The van der Waals surface area contributed by atoms with Crippen LogP contribution in [0.3, 0.4) is 0 Å². The van der Waals surface area contributed by atoms with Crippen molar-refractivity contribution in [1.82, 2.24) is 0 Å². The number of aryl methyl sites for hydroxylation is 1. The number of carboxylic acids is 1. The van der Waals surface area contributed by atoms with Gasteiger partial charge < -0.3 is 10.2 Å². The standard InChI is InChI=1S/C10H12O3/c1-7-4-2-3-5-8(7)6-9(11)10(12)13/h2-5,9,11H,6H2,1H3,(H,12,13)/t9-/m1/s1. The smallest absolute Gasteiger partial charge is 0.332 e. The fourth-order valence-corrected chi connectivity index (χ4v) is 1.13. The van der Waals surface area contributed by atoms with Crippen molar-refractivity contribution in [3.63, 3.8) is 0 Å². The predicted octanol–water partition coefficient (Wildman–Crippen LogP) is 0.983. The van der Waals surface area contributed by atoms with Crippen molar-refractivity contribution in [3.05, 3.63) is 35.4 Å². The van der Waals surface area contributed by atoms with E-state index in [9.17, 15) is 4.79 Å². The maximum atomic E-state index is 10.4. The Kier molecular flexibility index (Phi) is 3.03. The van der Waals surface area contributed by atoms with Gasteiger partial charge in [0.2, 0.25) is 0 Å².